The topological polar surface area (TPSA) is 57.5 Å². The summed E-state index contributed by atoms with van der Waals surface area (Å²) < 4.78 is 1.96. The molecule has 152 valence electrons. The first-order valence-electron chi connectivity index (χ1n) is 9.61. The zero-order chi connectivity index (χ0) is 18.8. The monoisotopic (exact) mass is 478 g/mol. The van der Waals surface area contributed by atoms with Gasteiger partial charge in [-0.1, -0.05) is 13.3 Å². The van der Waals surface area contributed by atoms with Crippen LogP contribution in [0.3, 0.4) is 0 Å². The summed E-state index contributed by atoms with van der Waals surface area (Å²) >= 11 is 0. The van der Waals surface area contributed by atoms with Crippen molar-refractivity contribution in [3.63, 3.8) is 0 Å². The van der Waals surface area contributed by atoms with Gasteiger partial charge in [0.25, 0.3) is 0 Å². The van der Waals surface area contributed by atoms with Gasteiger partial charge in [0.1, 0.15) is 0 Å². The van der Waals surface area contributed by atoms with Gasteiger partial charge < -0.3 is 15.5 Å². The number of hydrogen-bond donors (Lipinski definition) is 2. The zero-order valence-electron chi connectivity index (χ0n) is 17.7. The molecule has 0 amide bonds. The van der Waals surface area contributed by atoms with Gasteiger partial charge in [0.2, 0.25) is 0 Å². The molecule has 0 saturated carbocycles. The van der Waals surface area contributed by atoms with Crippen LogP contribution in [0, 0.1) is 13.8 Å². The number of rotatable bonds is 10. The summed E-state index contributed by atoms with van der Waals surface area (Å²) in [7, 11) is 4.17. The standard InChI is InChI=1S/C19H38N6.HI/c1-8-10-12-24(6)13-11-21-19(20-9-2)22-15(3)14-18-16(4)23-25(7)17(18)5;/h15H,8-14H2,1-7H3,(H2,20,21,22);1H. The van der Waals surface area contributed by atoms with E-state index in [1.54, 1.807) is 0 Å². The Morgan fingerprint density at radius 3 is 2.50 bits per heavy atom. The molecule has 0 saturated heterocycles. The van der Waals surface area contributed by atoms with E-state index in [0.717, 1.165) is 44.3 Å². The summed E-state index contributed by atoms with van der Waals surface area (Å²) in [5.74, 6) is 0.901. The van der Waals surface area contributed by atoms with Crippen molar-refractivity contribution in [2.45, 2.75) is 59.9 Å². The third kappa shape index (κ3) is 8.70. The average molecular weight is 478 g/mol. The molecule has 7 heteroatoms. The zero-order valence-corrected chi connectivity index (χ0v) is 20.1. The van der Waals surface area contributed by atoms with Crippen molar-refractivity contribution in [1.82, 2.24) is 25.3 Å². The number of unbranched alkanes of at least 4 members (excludes halogenated alkanes) is 1. The maximum absolute atomic E-state index is 4.73. The highest BCUT2D eigenvalue weighted by molar-refractivity contribution is 14.0. The number of aromatic nitrogens is 2. The number of likely N-dealkylation sites (N-methyl/N-ethyl adjacent to an activating group) is 1. The Bertz CT molecular complexity index is 540. The van der Waals surface area contributed by atoms with Gasteiger partial charge in [0.05, 0.1) is 12.2 Å². The molecule has 0 fully saturated rings. The molecule has 0 aliphatic carbocycles. The van der Waals surface area contributed by atoms with Gasteiger partial charge in [-0.2, -0.15) is 5.10 Å². The molecule has 26 heavy (non-hydrogen) atoms. The van der Waals surface area contributed by atoms with E-state index in [9.17, 15) is 0 Å². The fraction of sp³-hybridized carbons (Fsp3) is 0.789. The Hall–Kier alpha value is -0.830. The Labute approximate surface area is 177 Å². The molecule has 1 unspecified atom stereocenters. The fourth-order valence-corrected chi connectivity index (χ4v) is 2.90. The Morgan fingerprint density at radius 1 is 1.27 bits per heavy atom. The predicted molar refractivity (Wildman–Crippen MR) is 123 cm³/mol. The van der Waals surface area contributed by atoms with E-state index >= 15 is 0 Å². The summed E-state index contributed by atoms with van der Waals surface area (Å²) in [4.78, 5) is 7.07. The maximum atomic E-state index is 4.73. The number of nitrogens with one attached hydrogen (secondary N) is 2. The van der Waals surface area contributed by atoms with Gasteiger partial charge >= 0.3 is 0 Å². The fourth-order valence-electron chi connectivity index (χ4n) is 2.90. The molecule has 0 bridgehead atoms. The van der Waals surface area contributed by atoms with Gasteiger partial charge in [0.15, 0.2) is 5.96 Å². The second-order valence-corrected chi connectivity index (χ2v) is 6.94. The van der Waals surface area contributed by atoms with Crippen molar-refractivity contribution in [2.24, 2.45) is 12.0 Å². The first-order chi connectivity index (χ1) is 11.9. The minimum Gasteiger partial charge on any atom is -0.357 e. The van der Waals surface area contributed by atoms with Crippen LogP contribution >= 0.6 is 24.0 Å². The summed E-state index contributed by atoms with van der Waals surface area (Å²) in [6, 6.07) is 0.303. The maximum Gasteiger partial charge on any atom is 0.191 e. The van der Waals surface area contributed by atoms with E-state index in [-0.39, 0.29) is 24.0 Å². The van der Waals surface area contributed by atoms with Gasteiger partial charge in [-0.3, -0.25) is 9.67 Å². The number of hydrogen-bond acceptors (Lipinski definition) is 3. The number of aryl methyl sites for hydroxylation is 2. The van der Waals surface area contributed by atoms with Crippen molar-refractivity contribution in [1.29, 1.82) is 0 Å². The molecule has 6 nitrogen and oxygen atoms in total. The van der Waals surface area contributed by atoms with Crippen LogP contribution in [0.4, 0.5) is 0 Å². The molecule has 1 aromatic rings. The van der Waals surface area contributed by atoms with E-state index in [4.69, 9.17) is 4.99 Å². The van der Waals surface area contributed by atoms with E-state index in [0.29, 0.717) is 6.04 Å². The van der Waals surface area contributed by atoms with Crippen LogP contribution in [0.25, 0.3) is 0 Å². The number of guanidine groups is 1. The van der Waals surface area contributed by atoms with E-state index in [1.807, 2.05) is 11.7 Å². The van der Waals surface area contributed by atoms with Crippen LogP contribution in [0.15, 0.2) is 4.99 Å². The van der Waals surface area contributed by atoms with E-state index in [1.165, 1.54) is 24.1 Å². The second kappa shape index (κ2) is 13.4. The lowest BCUT2D eigenvalue weighted by Gasteiger charge is -2.19. The molecule has 0 radical (unpaired) electrons. The van der Waals surface area contributed by atoms with Crippen LogP contribution in [-0.2, 0) is 13.5 Å². The van der Waals surface area contributed by atoms with Crippen LogP contribution in [-0.4, -0.2) is 59.9 Å². The van der Waals surface area contributed by atoms with Crippen LogP contribution in [0.5, 0.6) is 0 Å². The largest absolute Gasteiger partial charge is 0.357 e. The quantitative estimate of drug-likeness (QED) is 0.309. The average Bonchev–Trinajstić information content (AvgIpc) is 2.79. The molecular formula is C19H39IN6. The van der Waals surface area contributed by atoms with Gasteiger partial charge in [-0.05, 0) is 59.7 Å². The van der Waals surface area contributed by atoms with Gasteiger partial charge in [0, 0.05) is 31.9 Å². The number of aliphatic imine (C=N–C) groups is 1. The molecule has 0 aromatic carbocycles. The lowest BCUT2D eigenvalue weighted by atomic mass is 10.1. The van der Waals surface area contributed by atoms with Crippen molar-refractivity contribution >= 4 is 29.9 Å². The molecular weight excluding hydrogens is 439 g/mol. The van der Waals surface area contributed by atoms with Crippen molar-refractivity contribution in [3.8, 4) is 0 Å². The smallest absolute Gasteiger partial charge is 0.191 e. The van der Waals surface area contributed by atoms with Crippen molar-refractivity contribution in [2.75, 3.05) is 33.2 Å². The van der Waals surface area contributed by atoms with Gasteiger partial charge in [-0.25, -0.2) is 0 Å². The third-order valence-corrected chi connectivity index (χ3v) is 4.54. The lowest BCUT2D eigenvalue weighted by Crippen LogP contribution is -2.43. The Kier molecular flexibility index (Phi) is 12.9. The van der Waals surface area contributed by atoms with E-state index in [2.05, 4.69) is 62.3 Å². The lowest BCUT2D eigenvalue weighted by molar-refractivity contribution is 0.337. The Morgan fingerprint density at radius 2 is 1.96 bits per heavy atom. The SMILES string of the molecule is CCCCN(C)CCN=C(NCC)NC(C)Cc1c(C)nn(C)c1C.I. The van der Waals surface area contributed by atoms with Crippen molar-refractivity contribution in [3.05, 3.63) is 17.0 Å². The second-order valence-electron chi connectivity index (χ2n) is 6.94. The highest BCUT2D eigenvalue weighted by atomic mass is 127. The molecule has 0 aliphatic rings. The summed E-state index contributed by atoms with van der Waals surface area (Å²) in [6.45, 7) is 14.6. The Balaban J connectivity index is 0.00000625. The molecule has 1 atom stereocenters. The van der Waals surface area contributed by atoms with Crippen LogP contribution < -0.4 is 10.6 Å². The molecule has 1 heterocycles. The van der Waals surface area contributed by atoms with Crippen LogP contribution in [0.2, 0.25) is 0 Å². The van der Waals surface area contributed by atoms with Gasteiger partial charge in [-0.15, -0.1) is 24.0 Å². The summed E-state index contributed by atoms with van der Waals surface area (Å²) in [5.41, 5.74) is 3.69. The van der Waals surface area contributed by atoms with E-state index < -0.39 is 0 Å². The van der Waals surface area contributed by atoms with Crippen LogP contribution in [0.1, 0.15) is 50.6 Å². The molecule has 0 aliphatic heterocycles. The summed E-state index contributed by atoms with van der Waals surface area (Å²) in [5, 5.41) is 11.4. The molecule has 1 aromatic heterocycles. The highest BCUT2D eigenvalue weighted by Gasteiger charge is 2.14. The highest BCUT2D eigenvalue weighted by Crippen LogP contribution is 2.14. The van der Waals surface area contributed by atoms with Crippen molar-refractivity contribution < 1.29 is 0 Å². The normalized spacial score (nSPS) is 12.8. The molecule has 0 spiro atoms. The first-order valence-corrected chi connectivity index (χ1v) is 9.61. The third-order valence-electron chi connectivity index (χ3n) is 4.54. The first kappa shape index (κ1) is 25.2. The molecule has 1 rings (SSSR count). The molecule has 2 N–H and O–H groups in total. The number of nitrogens with zero attached hydrogens (tertiary/aromatic N) is 4. The predicted octanol–water partition coefficient (Wildman–Crippen LogP) is 2.87. The minimum atomic E-state index is 0. The summed E-state index contributed by atoms with van der Waals surface area (Å²) in [6.07, 6.45) is 3.44. The number of halogens is 1. The minimum absolute atomic E-state index is 0.